The molecule has 3 nitrogen and oxygen atoms in total. The number of hydrogen-bond acceptors (Lipinski definition) is 3. The number of hydrogen-bond donors (Lipinski definition) is 1. The van der Waals surface area contributed by atoms with Gasteiger partial charge in [-0.05, 0) is 24.6 Å². The van der Waals surface area contributed by atoms with Crippen LogP contribution in [0.5, 0.6) is 5.75 Å². The van der Waals surface area contributed by atoms with Gasteiger partial charge in [-0.3, -0.25) is 4.90 Å². The summed E-state index contributed by atoms with van der Waals surface area (Å²) in [6.07, 6.45) is 1.07. The Balaban J connectivity index is 0.00000144. The van der Waals surface area contributed by atoms with Crippen LogP contribution in [0.1, 0.15) is 12.0 Å². The topological polar surface area (TPSA) is 38.5 Å². The summed E-state index contributed by atoms with van der Waals surface area (Å²) in [6, 6.07) is 6.03. The average molecular weight is 277 g/mol. The molecule has 0 spiro atoms. The largest absolute Gasteiger partial charge is 0.496 e. The molecule has 1 unspecified atom stereocenters. The van der Waals surface area contributed by atoms with E-state index in [1.54, 1.807) is 7.11 Å². The predicted molar refractivity (Wildman–Crippen MR) is 73.1 cm³/mol. The Morgan fingerprint density at radius 2 is 2.29 bits per heavy atom. The van der Waals surface area contributed by atoms with Gasteiger partial charge in [0.2, 0.25) is 0 Å². The van der Waals surface area contributed by atoms with E-state index in [9.17, 15) is 0 Å². The lowest BCUT2D eigenvalue weighted by Gasteiger charge is -2.17. The highest BCUT2D eigenvalue weighted by molar-refractivity contribution is 6.30. The number of nitrogens with two attached hydrogens (primary N) is 1. The molecule has 0 amide bonds. The molecule has 2 N–H and O–H groups in total. The molecule has 1 fully saturated rings. The standard InChI is InChI=1S/C12H17ClN2O.ClH/c1-16-12-3-2-10(13)6-9(12)7-15-5-4-11(14)8-15;/h2-3,6,11H,4-5,7-8,14H2,1H3;1H. The third-order valence-corrected chi connectivity index (χ3v) is 3.18. The van der Waals surface area contributed by atoms with Gasteiger partial charge in [-0.2, -0.15) is 0 Å². The number of likely N-dealkylation sites (tertiary alicyclic amines) is 1. The molecule has 1 atom stereocenters. The molecule has 0 aliphatic carbocycles. The first-order chi connectivity index (χ1) is 7.69. The number of benzene rings is 1. The van der Waals surface area contributed by atoms with E-state index in [0.29, 0.717) is 6.04 Å². The molecule has 96 valence electrons. The van der Waals surface area contributed by atoms with Crippen LogP contribution in [-0.4, -0.2) is 31.1 Å². The van der Waals surface area contributed by atoms with E-state index in [1.165, 1.54) is 0 Å². The number of methoxy groups -OCH3 is 1. The zero-order valence-corrected chi connectivity index (χ0v) is 11.4. The van der Waals surface area contributed by atoms with Crippen molar-refractivity contribution in [3.05, 3.63) is 28.8 Å². The quantitative estimate of drug-likeness (QED) is 0.921. The minimum atomic E-state index is 0. The molecule has 0 radical (unpaired) electrons. The van der Waals surface area contributed by atoms with Crippen molar-refractivity contribution in [1.29, 1.82) is 0 Å². The molecule has 2 rings (SSSR count). The molecule has 1 aromatic carbocycles. The maximum Gasteiger partial charge on any atom is 0.123 e. The highest BCUT2D eigenvalue weighted by Gasteiger charge is 2.20. The first-order valence-corrected chi connectivity index (χ1v) is 5.87. The van der Waals surface area contributed by atoms with Crippen LogP contribution in [0.25, 0.3) is 0 Å². The van der Waals surface area contributed by atoms with Crippen molar-refractivity contribution >= 4 is 24.0 Å². The number of ether oxygens (including phenoxy) is 1. The van der Waals surface area contributed by atoms with Gasteiger partial charge < -0.3 is 10.5 Å². The van der Waals surface area contributed by atoms with Gasteiger partial charge in [0.1, 0.15) is 5.75 Å². The van der Waals surface area contributed by atoms with E-state index in [1.807, 2.05) is 18.2 Å². The highest BCUT2D eigenvalue weighted by Crippen LogP contribution is 2.25. The number of rotatable bonds is 3. The van der Waals surface area contributed by atoms with Crippen LogP contribution >= 0.6 is 24.0 Å². The fraction of sp³-hybridized carbons (Fsp3) is 0.500. The zero-order valence-electron chi connectivity index (χ0n) is 9.86. The van der Waals surface area contributed by atoms with Crippen molar-refractivity contribution in [2.75, 3.05) is 20.2 Å². The lowest BCUT2D eigenvalue weighted by Crippen LogP contribution is -2.26. The highest BCUT2D eigenvalue weighted by atomic mass is 35.5. The summed E-state index contributed by atoms with van der Waals surface area (Å²) in [6.45, 7) is 2.87. The molecule has 1 heterocycles. The van der Waals surface area contributed by atoms with Crippen LogP contribution in [0, 0.1) is 0 Å². The number of halogens is 2. The van der Waals surface area contributed by atoms with Crippen molar-refractivity contribution in [2.45, 2.75) is 19.0 Å². The van der Waals surface area contributed by atoms with Gasteiger partial charge in [-0.1, -0.05) is 11.6 Å². The second-order valence-corrected chi connectivity index (χ2v) is 4.68. The third-order valence-electron chi connectivity index (χ3n) is 2.95. The van der Waals surface area contributed by atoms with E-state index in [4.69, 9.17) is 22.1 Å². The number of nitrogens with zero attached hydrogens (tertiary/aromatic N) is 1. The molecule has 0 aromatic heterocycles. The molecule has 1 aromatic rings. The van der Waals surface area contributed by atoms with Crippen LogP contribution in [0.4, 0.5) is 0 Å². The summed E-state index contributed by atoms with van der Waals surface area (Å²) < 4.78 is 5.32. The Labute approximate surface area is 113 Å². The first kappa shape index (κ1) is 14.6. The van der Waals surface area contributed by atoms with E-state index < -0.39 is 0 Å². The Morgan fingerprint density at radius 3 is 2.88 bits per heavy atom. The lowest BCUT2D eigenvalue weighted by molar-refractivity contribution is 0.317. The zero-order chi connectivity index (χ0) is 11.5. The molecular weight excluding hydrogens is 259 g/mol. The van der Waals surface area contributed by atoms with E-state index in [0.717, 1.165) is 42.4 Å². The minimum absolute atomic E-state index is 0. The van der Waals surface area contributed by atoms with Gasteiger partial charge in [-0.25, -0.2) is 0 Å². The van der Waals surface area contributed by atoms with Gasteiger partial charge in [0, 0.05) is 36.3 Å². The van der Waals surface area contributed by atoms with Gasteiger partial charge in [0.25, 0.3) is 0 Å². The van der Waals surface area contributed by atoms with Gasteiger partial charge >= 0.3 is 0 Å². The summed E-state index contributed by atoms with van der Waals surface area (Å²) in [5.74, 6) is 0.893. The van der Waals surface area contributed by atoms with E-state index >= 15 is 0 Å². The van der Waals surface area contributed by atoms with Gasteiger partial charge in [0.15, 0.2) is 0 Å². The Kier molecular flexibility index (Phi) is 5.53. The Hall–Kier alpha value is -0.480. The molecule has 1 aliphatic heterocycles. The summed E-state index contributed by atoms with van der Waals surface area (Å²) in [5.41, 5.74) is 7.01. The van der Waals surface area contributed by atoms with Crippen molar-refractivity contribution in [3.63, 3.8) is 0 Å². The summed E-state index contributed by atoms with van der Waals surface area (Å²) >= 11 is 5.99. The maximum atomic E-state index is 5.99. The minimum Gasteiger partial charge on any atom is -0.496 e. The van der Waals surface area contributed by atoms with Crippen molar-refractivity contribution in [3.8, 4) is 5.75 Å². The first-order valence-electron chi connectivity index (χ1n) is 5.49. The molecule has 17 heavy (non-hydrogen) atoms. The van der Waals surface area contributed by atoms with Gasteiger partial charge in [0.05, 0.1) is 7.11 Å². The smallest absolute Gasteiger partial charge is 0.123 e. The monoisotopic (exact) mass is 276 g/mol. The molecule has 1 saturated heterocycles. The van der Waals surface area contributed by atoms with E-state index in [2.05, 4.69) is 4.90 Å². The molecule has 1 aliphatic rings. The predicted octanol–water partition coefficient (Wildman–Crippen LogP) is 2.30. The van der Waals surface area contributed by atoms with E-state index in [-0.39, 0.29) is 12.4 Å². The maximum absolute atomic E-state index is 5.99. The fourth-order valence-electron chi connectivity index (χ4n) is 2.12. The van der Waals surface area contributed by atoms with Crippen molar-refractivity contribution in [2.24, 2.45) is 5.73 Å². The Bertz CT molecular complexity index is 374. The fourth-order valence-corrected chi connectivity index (χ4v) is 2.31. The second-order valence-electron chi connectivity index (χ2n) is 4.24. The summed E-state index contributed by atoms with van der Waals surface area (Å²) in [7, 11) is 1.68. The lowest BCUT2D eigenvalue weighted by atomic mass is 10.2. The average Bonchev–Trinajstić information content (AvgIpc) is 2.64. The van der Waals surface area contributed by atoms with Gasteiger partial charge in [-0.15, -0.1) is 12.4 Å². The molecule has 0 saturated carbocycles. The SMILES string of the molecule is COc1ccc(Cl)cc1CN1CCC(N)C1.Cl. The summed E-state index contributed by atoms with van der Waals surface area (Å²) in [4.78, 5) is 2.33. The van der Waals surface area contributed by atoms with Crippen molar-refractivity contribution in [1.82, 2.24) is 4.90 Å². The van der Waals surface area contributed by atoms with Crippen LogP contribution in [0.15, 0.2) is 18.2 Å². The second kappa shape index (κ2) is 6.45. The normalized spacial score (nSPS) is 20.1. The van der Waals surface area contributed by atoms with Crippen LogP contribution in [0.2, 0.25) is 5.02 Å². The van der Waals surface area contributed by atoms with Crippen LogP contribution in [0.3, 0.4) is 0 Å². The molecule has 5 heteroatoms. The molecular formula is C12H18Cl2N2O. The van der Waals surface area contributed by atoms with Crippen molar-refractivity contribution < 1.29 is 4.74 Å². The van der Waals surface area contributed by atoms with Crippen LogP contribution < -0.4 is 10.5 Å². The Morgan fingerprint density at radius 1 is 1.53 bits per heavy atom. The molecule has 0 bridgehead atoms. The third kappa shape index (κ3) is 3.75. The summed E-state index contributed by atoms with van der Waals surface area (Å²) in [5, 5.41) is 0.749. The van der Waals surface area contributed by atoms with Crippen LogP contribution in [-0.2, 0) is 6.54 Å².